The lowest BCUT2D eigenvalue weighted by molar-refractivity contribution is -0.130. The van der Waals surface area contributed by atoms with Gasteiger partial charge in [0.2, 0.25) is 0 Å². The Morgan fingerprint density at radius 2 is 1.69 bits per heavy atom. The Morgan fingerprint density at radius 3 is 2.27 bits per heavy atom. The SMILES string of the molecule is CC(C)(CCc1ccccc1)OC(=O)N1CC2CN(C(=O)O)CC(C1)O2. The molecule has 1 N–H and O–H groups in total. The molecule has 2 aliphatic heterocycles. The molecule has 7 nitrogen and oxygen atoms in total. The van der Waals surface area contributed by atoms with Gasteiger partial charge in [-0.05, 0) is 32.3 Å². The van der Waals surface area contributed by atoms with E-state index in [0.29, 0.717) is 13.1 Å². The zero-order valence-electron chi connectivity index (χ0n) is 15.3. The van der Waals surface area contributed by atoms with E-state index in [1.807, 2.05) is 32.0 Å². The number of hydrogen-bond acceptors (Lipinski definition) is 4. The molecule has 0 aromatic heterocycles. The van der Waals surface area contributed by atoms with E-state index in [9.17, 15) is 9.59 Å². The van der Waals surface area contributed by atoms with Crippen molar-refractivity contribution >= 4 is 12.2 Å². The number of morpholine rings is 2. The topological polar surface area (TPSA) is 79.3 Å². The predicted molar refractivity (Wildman–Crippen MR) is 95.2 cm³/mol. The minimum absolute atomic E-state index is 0.285. The number of aryl methyl sites for hydroxylation is 1. The summed E-state index contributed by atoms with van der Waals surface area (Å²) in [7, 11) is 0. The summed E-state index contributed by atoms with van der Waals surface area (Å²) in [5, 5.41) is 9.14. The molecule has 2 aliphatic rings. The van der Waals surface area contributed by atoms with Crippen LogP contribution < -0.4 is 0 Å². The zero-order chi connectivity index (χ0) is 18.7. The fourth-order valence-electron chi connectivity index (χ4n) is 3.44. The van der Waals surface area contributed by atoms with E-state index in [1.54, 1.807) is 4.90 Å². The van der Waals surface area contributed by atoms with Crippen LogP contribution in [0.2, 0.25) is 0 Å². The van der Waals surface area contributed by atoms with Crippen molar-refractivity contribution in [3.05, 3.63) is 35.9 Å². The number of amides is 2. The van der Waals surface area contributed by atoms with E-state index >= 15 is 0 Å². The molecular weight excluding hydrogens is 336 g/mol. The van der Waals surface area contributed by atoms with E-state index in [0.717, 1.165) is 12.8 Å². The molecule has 2 atom stereocenters. The molecule has 26 heavy (non-hydrogen) atoms. The summed E-state index contributed by atoms with van der Waals surface area (Å²) in [6, 6.07) is 10.1. The Hall–Kier alpha value is -2.28. The Kier molecular flexibility index (Phi) is 5.36. The summed E-state index contributed by atoms with van der Waals surface area (Å²) >= 11 is 0. The number of ether oxygens (including phenoxy) is 2. The van der Waals surface area contributed by atoms with Crippen LogP contribution in [0.25, 0.3) is 0 Å². The van der Waals surface area contributed by atoms with Crippen LogP contribution in [0.5, 0.6) is 0 Å². The molecule has 2 bridgehead atoms. The monoisotopic (exact) mass is 362 g/mol. The predicted octanol–water partition coefficient (Wildman–Crippen LogP) is 2.60. The maximum Gasteiger partial charge on any atom is 0.410 e. The van der Waals surface area contributed by atoms with Gasteiger partial charge in [-0.1, -0.05) is 30.3 Å². The van der Waals surface area contributed by atoms with Gasteiger partial charge in [-0.25, -0.2) is 9.59 Å². The fourth-order valence-corrected chi connectivity index (χ4v) is 3.44. The molecule has 3 rings (SSSR count). The lowest BCUT2D eigenvalue weighted by Crippen LogP contribution is -2.61. The maximum atomic E-state index is 12.6. The number of carboxylic acid groups (broad SMARTS) is 1. The van der Waals surface area contributed by atoms with Crippen LogP contribution in [0.4, 0.5) is 9.59 Å². The number of benzene rings is 1. The summed E-state index contributed by atoms with van der Waals surface area (Å²) in [5.74, 6) is 0. The van der Waals surface area contributed by atoms with Crippen molar-refractivity contribution < 1.29 is 24.2 Å². The van der Waals surface area contributed by atoms with Gasteiger partial charge in [0.05, 0.1) is 38.4 Å². The Morgan fingerprint density at radius 1 is 1.12 bits per heavy atom. The highest BCUT2D eigenvalue weighted by Crippen LogP contribution is 2.23. The maximum absolute atomic E-state index is 12.6. The molecule has 7 heteroatoms. The first-order valence-electron chi connectivity index (χ1n) is 8.97. The van der Waals surface area contributed by atoms with Gasteiger partial charge in [-0.2, -0.15) is 0 Å². The van der Waals surface area contributed by atoms with Gasteiger partial charge in [-0.15, -0.1) is 0 Å². The summed E-state index contributed by atoms with van der Waals surface area (Å²) in [4.78, 5) is 26.7. The smallest absolute Gasteiger partial charge is 0.410 e. The van der Waals surface area contributed by atoms with Crippen molar-refractivity contribution in [3.8, 4) is 0 Å². The third-order valence-electron chi connectivity index (χ3n) is 4.83. The van der Waals surface area contributed by atoms with Crippen molar-refractivity contribution in [2.24, 2.45) is 0 Å². The lowest BCUT2D eigenvalue weighted by atomic mass is 9.98. The number of carbonyl (C=O) groups is 2. The summed E-state index contributed by atoms with van der Waals surface area (Å²) in [6.07, 6.45) is -0.320. The number of nitrogens with zero attached hydrogens (tertiary/aromatic N) is 2. The number of rotatable bonds is 4. The van der Waals surface area contributed by atoms with E-state index in [-0.39, 0.29) is 31.4 Å². The van der Waals surface area contributed by atoms with Crippen LogP contribution in [0, 0.1) is 0 Å². The van der Waals surface area contributed by atoms with Crippen molar-refractivity contribution in [2.45, 2.75) is 44.5 Å². The van der Waals surface area contributed by atoms with Crippen LogP contribution in [0.15, 0.2) is 30.3 Å². The first-order chi connectivity index (χ1) is 12.3. The highest BCUT2D eigenvalue weighted by molar-refractivity contribution is 5.69. The molecule has 0 aliphatic carbocycles. The molecule has 0 saturated carbocycles. The largest absolute Gasteiger partial charge is 0.465 e. The number of fused-ring (bicyclic) bond motifs is 2. The van der Waals surface area contributed by atoms with Crippen molar-refractivity contribution in [2.75, 3.05) is 26.2 Å². The number of carbonyl (C=O) groups excluding carboxylic acids is 1. The molecule has 2 fully saturated rings. The molecule has 2 amide bonds. The van der Waals surface area contributed by atoms with E-state index in [4.69, 9.17) is 14.6 Å². The third kappa shape index (κ3) is 4.66. The van der Waals surface area contributed by atoms with Crippen molar-refractivity contribution in [3.63, 3.8) is 0 Å². The van der Waals surface area contributed by atoms with Gasteiger partial charge >= 0.3 is 12.2 Å². The molecule has 2 unspecified atom stereocenters. The molecule has 0 radical (unpaired) electrons. The van der Waals surface area contributed by atoms with Crippen LogP contribution in [0.1, 0.15) is 25.8 Å². The fraction of sp³-hybridized carbons (Fsp3) is 0.579. The van der Waals surface area contributed by atoms with Gasteiger partial charge in [0.15, 0.2) is 0 Å². The highest BCUT2D eigenvalue weighted by atomic mass is 16.6. The van der Waals surface area contributed by atoms with Gasteiger partial charge in [0, 0.05) is 0 Å². The van der Waals surface area contributed by atoms with Gasteiger partial charge < -0.3 is 24.4 Å². The minimum atomic E-state index is -0.943. The molecule has 0 spiro atoms. The van der Waals surface area contributed by atoms with E-state index in [2.05, 4.69) is 12.1 Å². The molecule has 1 aromatic rings. The average molecular weight is 362 g/mol. The Balaban J connectivity index is 1.52. The standard InChI is InChI=1S/C19H26N2O5/c1-19(2,9-8-14-6-4-3-5-7-14)26-18(24)21-12-15-10-20(17(22)23)11-16(13-21)25-15/h3-7,15-16H,8-13H2,1-2H3,(H,22,23). The van der Waals surface area contributed by atoms with Crippen LogP contribution >= 0.6 is 0 Å². The normalized spacial score (nSPS) is 22.8. The van der Waals surface area contributed by atoms with E-state index in [1.165, 1.54) is 10.5 Å². The first-order valence-corrected chi connectivity index (χ1v) is 8.97. The highest BCUT2D eigenvalue weighted by Gasteiger charge is 2.39. The third-order valence-corrected chi connectivity index (χ3v) is 4.83. The van der Waals surface area contributed by atoms with Crippen molar-refractivity contribution in [1.82, 2.24) is 9.80 Å². The summed E-state index contributed by atoms with van der Waals surface area (Å²) in [5.41, 5.74) is 0.638. The van der Waals surface area contributed by atoms with E-state index < -0.39 is 11.7 Å². The second-order valence-electron chi connectivity index (χ2n) is 7.59. The second kappa shape index (κ2) is 7.53. The summed E-state index contributed by atoms with van der Waals surface area (Å²) < 4.78 is 11.5. The Labute approximate surface area is 153 Å². The van der Waals surface area contributed by atoms with Crippen molar-refractivity contribution in [1.29, 1.82) is 0 Å². The lowest BCUT2D eigenvalue weighted by Gasteiger charge is -2.45. The first kappa shape index (κ1) is 18.5. The van der Waals surface area contributed by atoms with Gasteiger partial charge in [0.25, 0.3) is 0 Å². The molecule has 142 valence electrons. The van der Waals surface area contributed by atoms with Gasteiger partial charge in [0.1, 0.15) is 5.60 Å². The zero-order valence-corrected chi connectivity index (χ0v) is 15.3. The minimum Gasteiger partial charge on any atom is -0.465 e. The average Bonchev–Trinajstić information content (AvgIpc) is 2.59. The van der Waals surface area contributed by atoms with Crippen LogP contribution in [0.3, 0.4) is 0 Å². The second-order valence-corrected chi connectivity index (χ2v) is 7.59. The number of hydrogen-bond donors (Lipinski definition) is 1. The molecule has 2 heterocycles. The van der Waals surface area contributed by atoms with Gasteiger partial charge in [-0.3, -0.25) is 0 Å². The Bertz CT molecular complexity index is 635. The summed E-state index contributed by atoms with van der Waals surface area (Å²) in [6.45, 7) is 5.12. The molecular formula is C19H26N2O5. The quantitative estimate of drug-likeness (QED) is 0.891. The van der Waals surface area contributed by atoms with Crippen LogP contribution in [-0.2, 0) is 15.9 Å². The molecule has 2 saturated heterocycles. The van der Waals surface area contributed by atoms with Crippen LogP contribution in [-0.4, -0.2) is 71.1 Å². The molecule has 1 aromatic carbocycles.